The van der Waals surface area contributed by atoms with E-state index in [1.54, 1.807) is 7.05 Å². The van der Waals surface area contributed by atoms with Crippen molar-refractivity contribution in [3.8, 4) is 5.75 Å². The Kier molecular flexibility index (Phi) is 5.73. The Morgan fingerprint density at radius 3 is 2.38 bits per heavy atom. The van der Waals surface area contributed by atoms with E-state index >= 15 is 0 Å². The molecule has 0 saturated heterocycles. The molecule has 3 heterocycles. The number of ether oxygens (including phenoxy) is 1. The van der Waals surface area contributed by atoms with Gasteiger partial charge in [0, 0.05) is 25.8 Å². The van der Waals surface area contributed by atoms with Crippen LogP contribution in [0.4, 0.5) is 11.6 Å². The van der Waals surface area contributed by atoms with Crippen LogP contribution in [0.25, 0.3) is 11.2 Å². The number of aryl methyl sites for hydroxylation is 3. The molecule has 0 bridgehead atoms. The summed E-state index contributed by atoms with van der Waals surface area (Å²) in [6.45, 7) is 6.27. The van der Waals surface area contributed by atoms with Crippen LogP contribution in [0.3, 0.4) is 0 Å². The molecule has 2 aromatic carbocycles. The second-order valence-corrected chi connectivity index (χ2v) is 8.74. The molecule has 1 aliphatic rings. The highest BCUT2D eigenvalue weighted by Crippen LogP contribution is 2.31. The number of aromatic nitrogens is 4. The molecule has 1 aliphatic heterocycles. The predicted octanol–water partition coefficient (Wildman–Crippen LogP) is 3.58. The van der Waals surface area contributed by atoms with Crippen LogP contribution in [0.2, 0.25) is 0 Å². The van der Waals surface area contributed by atoms with E-state index in [9.17, 15) is 9.59 Å². The van der Waals surface area contributed by atoms with Crippen molar-refractivity contribution in [3.63, 3.8) is 0 Å². The number of benzene rings is 2. The van der Waals surface area contributed by atoms with Crippen LogP contribution in [0.5, 0.6) is 5.75 Å². The highest BCUT2D eigenvalue weighted by Gasteiger charge is 2.26. The zero-order chi connectivity index (χ0) is 23.8. The predicted molar refractivity (Wildman–Crippen MR) is 133 cm³/mol. The van der Waals surface area contributed by atoms with Crippen LogP contribution in [0.15, 0.2) is 58.1 Å². The first-order chi connectivity index (χ1) is 16.5. The van der Waals surface area contributed by atoms with Gasteiger partial charge in [-0.2, -0.15) is 4.98 Å². The van der Waals surface area contributed by atoms with Crippen molar-refractivity contribution in [1.29, 1.82) is 0 Å². The molecular formula is C26H29N5O3. The maximum absolute atomic E-state index is 13.6. The fraction of sp³-hybridized carbons (Fsp3) is 0.346. The van der Waals surface area contributed by atoms with Gasteiger partial charge in [0.1, 0.15) is 5.75 Å². The van der Waals surface area contributed by atoms with Gasteiger partial charge >= 0.3 is 5.69 Å². The number of anilines is 2. The minimum absolute atomic E-state index is 0.227. The van der Waals surface area contributed by atoms with Gasteiger partial charge in [-0.1, -0.05) is 29.8 Å². The first-order valence-electron chi connectivity index (χ1n) is 11.7. The van der Waals surface area contributed by atoms with Gasteiger partial charge in [0.15, 0.2) is 11.2 Å². The fourth-order valence-corrected chi connectivity index (χ4v) is 4.57. The lowest BCUT2D eigenvalue weighted by molar-refractivity contribution is 0.340. The lowest BCUT2D eigenvalue weighted by Crippen LogP contribution is -2.40. The molecule has 0 fully saturated rings. The summed E-state index contributed by atoms with van der Waals surface area (Å²) >= 11 is 0. The minimum Gasteiger partial charge on any atom is -0.494 e. The smallest absolute Gasteiger partial charge is 0.332 e. The molecule has 176 valence electrons. The SMILES string of the molecule is CCOc1ccc(N2CCCCn3c2nc2c3c(=O)n(Cc3ccc(C)cc3)c(=O)n2C)cc1. The molecule has 0 saturated carbocycles. The van der Waals surface area contributed by atoms with E-state index in [0.717, 1.165) is 42.0 Å². The molecular weight excluding hydrogens is 430 g/mol. The molecule has 0 amide bonds. The number of imidazole rings is 1. The van der Waals surface area contributed by atoms with Gasteiger partial charge < -0.3 is 14.2 Å². The summed E-state index contributed by atoms with van der Waals surface area (Å²) < 4.78 is 10.4. The number of fused-ring (bicyclic) bond motifs is 3. The van der Waals surface area contributed by atoms with E-state index in [0.29, 0.717) is 30.3 Å². The Morgan fingerprint density at radius 1 is 0.971 bits per heavy atom. The molecule has 0 N–H and O–H groups in total. The Hall–Kier alpha value is -3.81. The minimum atomic E-state index is -0.362. The highest BCUT2D eigenvalue weighted by molar-refractivity contribution is 5.76. The quantitative estimate of drug-likeness (QED) is 0.456. The molecule has 0 spiro atoms. The Labute approximate surface area is 197 Å². The van der Waals surface area contributed by atoms with Crippen molar-refractivity contribution in [1.82, 2.24) is 18.7 Å². The maximum Gasteiger partial charge on any atom is 0.332 e. The van der Waals surface area contributed by atoms with E-state index in [1.807, 2.05) is 66.9 Å². The summed E-state index contributed by atoms with van der Waals surface area (Å²) in [5.74, 6) is 1.51. The molecule has 0 aliphatic carbocycles. The van der Waals surface area contributed by atoms with Gasteiger partial charge in [0.05, 0.1) is 13.2 Å². The maximum atomic E-state index is 13.6. The first kappa shape index (κ1) is 22.0. The van der Waals surface area contributed by atoms with Crippen molar-refractivity contribution >= 4 is 22.8 Å². The Balaban J connectivity index is 1.64. The topological polar surface area (TPSA) is 74.3 Å². The second kappa shape index (κ2) is 8.85. The fourth-order valence-electron chi connectivity index (χ4n) is 4.57. The van der Waals surface area contributed by atoms with Gasteiger partial charge in [0.25, 0.3) is 5.56 Å². The first-order valence-corrected chi connectivity index (χ1v) is 11.7. The monoisotopic (exact) mass is 459 g/mol. The second-order valence-electron chi connectivity index (χ2n) is 8.74. The van der Waals surface area contributed by atoms with Gasteiger partial charge in [-0.05, 0) is 56.5 Å². The van der Waals surface area contributed by atoms with Crippen LogP contribution in [-0.2, 0) is 20.1 Å². The van der Waals surface area contributed by atoms with E-state index < -0.39 is 0 Å². The molecule has 8 heteroatoms. The van der Waals surface area contributed by atoms with Crippen LogP contribution in [-0.4, -0.2) is 31.8 Å². The number of nitrogens with zero attached hydrogens (tertiary/aromatic N) is 5. The Bertz CT molecular complexity index is 1450. The van der Waals surface area contributed by atoms with Crippen LogP contribution in [0.1, 0.15) is 30.9 Å². The van der Waals surface area contributed by atoms with Crippen molar-refractivity contribution < 1.29 is 4.74 Å². The average molecular weight is 460 g/mol. The summed E-state index contributed by atoms with van der Waals surface area (Å²) in [6.07, 6.45) is 1.90. The van der Waals surface area contributed by atoms with Crippen molar-refractivity contribution in [2.24, 2.45) is 7.05 Å². The van der Waals surface area contributed by atoms with Gasteiger partial charge in [-0.15, -0.1) is 0 Å². The molecule has 2 aromatic heterocycles. The summed E-state index contributed by atoms with van der Waals surface area (Å²) in [5.41, 5.74) is 3.26. The zero-order valence-electron chi connectivity index (χ0n) is 19.8. The molecule has 34 heavy (non-hydrogen) atoms. The summed E-state index contributed by atoms with van der Waals surface area (Å²) in [5, 5.41) is 0. The van der Waals surface area contributed by atoms with Crippen LogP contribution in [0, 0.1) is 6.92 Å². The summed E-state index contributed by atoms with van der Waals surface area (Å²) in [4.78, 5) is 33.7. The van der Waals surface area contributed by atoms with E-state index in [4.69, 9.17) is 9.72 Å². The van der Waals surface area contributed by atoms with Gasteiger partial charge in [0.2, 0.25) is 5.95 Å². The number of rotatable bonds is 5. The number of hydrogen-bond donors (Lipinski definition) is 0. The molecule has 5 rings (SSSR count). The van der Waals surface area contributed by atoms with E-state index in [1.165, 1.54) is 9.13 Å². The Morgan fingerprint density at radius 2 is 1.68 bits per heavy atom. The molecule has 8 nitrogen and oxygen atoms in total. The summed E-state index contributed by atoms with van der Waals surface area (Å²) in [7, 11) is 1.68. The molecule has 0 unspecified atom stereocenters. The van der Waals surface area contributed by atoms with E-state index in [-0.39, 0.29) is 17.8 Å². The van der Waals surface area contributed by atoms with Gasteiger partial charge in [-0.25, -0.2) is 4.79 Å². The van der Waals surface area contributed by atoms with Crippen LogP contribution >= 0.6 is 0 Å². The molecule has 0 atom stereocenters. The zero-order valence-corrected chi connectivity index (χ0v) is 19.8. The van der Waals surface area contributed by atoms with Crippen molar-refractivity contribution in [3.05, 3.63) is 80.5 Å². The standard InChI is InChI=1S/C26H29N5O3/c1-4-34-21-13-11-20(12-14-21)29-15-5-6-16-30-22-23(27-25(29)30)28(3)26(33)31(24(22)32)17-19-9-7-18(2)8-10-19/h7-14H,4-6,15-17H2,1-3H3. The molecule has 0 radical (unpaired) electrons. The summed E-state index contributed by atoms with van der Waals surface area (Å²) in [6, 6.07) is 15.8. The normalized spacial score (nSPS) is 13.7. The lowest BCUT2D eigenvalue weighted by Gasteiger charge is -2.22. The molecule has 4 aromatic rings. The van der Waals surface area contributed by atoms with E-state index in [2.05, 4.69) is 4.90 Å². The average Bonchev–Trinajstić information content (AvgIpc) is 3.10. The third kappa shape index (κ3) is 3.79. The van der Waals surface area contributed by atoms with Crippen molar-refractivity contribution in [2.75, 3.05) is 18.1 Å². The lowest BCUT2D eigenvalue weighted by atomic mass is 10.1. The largest absolute Gasteiger partial charge is 0.494 e. The van der Waals surface area contributed by atoms with Gasteiger partial charge in [-0.3, -0.25) is 13.9 Å². The third-order valence-corrected chi connectivity index (χ3v) is 6.39. The van der Waals surface area contributed by atoms with Crippen LogP contribution < -0.4 is 20.9 Å². The number of hydrogen-bond acceptors (Lipinski definition) is 5. The third-order valence-electron chi connectivity index (χ3n) is 6.39. The van der Waals surface area contributed by atoms with Crippen molar-refractivity contribution in [2.45, 2.75) is 39.8 Å². The highest BCUT2D eigenvalue weighted by atomic mass is 16.5.